The Bertz CT molecular complexity index is 995. The number of amides is 1. The summed E-state index contributed by atoms with van der Waals surface area (Å²) < 4.78 is 7.25. The molecule has 160 valence electrons. The zero-order chi connectivity index (χ0) is 21.5. The molecule has 2 aliphatic heterocycles. The van der Waals surface area contributed by atoms with E-state index in [1.807, 2.05) is 0 Å². The van der Waals surface area contributed by atoms with E-state index in [0.29, 0.717) is 18.5 Å². The number of likely N-dealkylation sites (tertiary alicyclic amines) is 1. The van der Waals surface area contributed by atoms with Crippen molar-refractivity contribution in [1.82, 2.24) is 19.4 Å². The number of carbonyl (C=O) groups is 1. The zero-order valence-electron chi connectivity index (χ0n) is 16.4. The molecule has 0 saturated carbocycles. The molecule has 0 radical (unpaired) electrons. The number of nitrogens with zero attached hydrogens (tertiary/aromatic N) is 4. The topological polar surface area (TPSA) is 147 Å². The van der Waals surface area contributed by atoms with Gasteiger partial charge >= 0.3 is 0 Å². The lowest BCUT2D eigenvalue weighted by Crippen LogP contribution is -2.45. The molecule has 0 spiro atoms. The number of aliphatic hydroxyl groups excluding tert-OH is 2. The van der Waals surface area contributed by atoms with Gasteiger partial charge in [-0.2, -0.15) is 0 Å². The van der Waals surface area contributed by atoms with Crippen LogP contribution in [0.3, 0.4) is 0 Å². The molecule has 0 aliphatic carbocycles. The number of anilines is 1. The largest absolute Gasteiger partial charge is 0.396 e. The third-order valence-corrected chi connectivity index (χ3v) is 5.89. The molecule has 4 unspecified atom stereocenters. The van der Waals surface area contributed by atoms with Gasteiger partial charge in [-0.15, -0.1) is 6.42 Å². The van der Waals surface area contributed by atoms with Crippen LogP contribution in [-0.4, -0.2) is 78.2 Å². The molecule has 2 aromatic heterocycles. The van der Waals surface area contributed by atoms with Gasteiger partial charge in [-0.3, -0.25) is 4.79 Å². The van der Waals surface area contributed by atoms with Gasteiger partial charge in [0.15, 0.2) is 11.8 Å². The molecule has 1 amide bonds. The Morgan fingerprint density at radius 2 is 2.10 bits per heavy atom. The number of fused-ring (bicyclic) bond motifs is 1. The standard InChI is InChI=1S/C20H25N5O5/c1-2-20(29)15(27)13(6-9-26)30-19(20)25-10-12(14-16(21)22-11-23-17(14)25)18(28)24-7-4-3-5-8-24/h1,10-11,13,15,19,26-27,29H,3-9H2,(H2,21,22,23). The van der Waals surface area contributed by atoms with E-state index in [0.717, 1.165) is 19.3 Å². The van der Waals surface area contributed by atoms with Gasteiger partial charge < -0.3 is 35.3 Å². The highest BCUT2D eigenvalue weighted by Gasteiger charge is 2.55. The number of carbonyl (C=O) groups excluding carboxylic acids is 1. The molecule has 0 aromatic carbocycles. The molecular formula is C20H25N5O5. The number of terminal acetylenes is 1. The Balaban J connectivity index is 1.83. The molecule has 2 aromatic rings. The van der Waals surface area contributed by atoms with Crippen LogP contribution >= 0.6 is 0 Å². The van der Waals surface area contributed by atoms with Crippen molar-refractivity contribution in [3.8, 4) is 12.3 Å². The number of rotatable bonds is 4. The first-order chi connectivity index (χ1) is 14.4. The molecule has 2 saturated heterocycles. The van der Waals surface area contributed by atoms with Gasteiger partial charge in [0.05, 0.1) is 17.1 Å². The number of nitrogen functional groups attached to an aromatic ring is 1. The van der Waals surface area contributed by atoms with Gasteiger partial charge in [0, 0.05) is 25.9 Å². The Morgan fingerprint density at radius 1 is 1.37 bits per heavy atom. The molecule has 10 nitrogen and oxygen atoms in total. The predicted molar refractivity (Wildman–Crippen MR) is 107 cm³/mol. The van der Waals surface area contributed by atoms with Crippen molar-refractivity contribution < 1.29 is 24.9 Å². The van der Waals surface area contributed by atoms with Gasteiger partial charge in [0.25, 0.3) is 5.91 Å². The maximum absolute atomic E-state index is 13.2. The van der Waals surface area contributed by atoms with Gasteiger partial charge in [-0.05, 0) is 25.7 Å². The maximum Gasteiger partial charge on any atom is 0.256 e. The summed E-state index contributed by atoms with van der Waals surface area (Å²) in [6.45, 7) is 1.03. The van der Waals surface area contributed by atoms with Crippen molar-refractivity contribution in [3.05, 3.63) is 18.1 Å². The van der Waals surface area contributed by atoms with E-state index >= 15 is 0 Å². The Morgan fingerprint density at radius 3 is 2.77 bits per heavy atom. The van der Waals surface area contributed by atoms with Crippen molar-refractivity contribution in [2.45, 2.75) is 49.7 Å². The molecule has 2 fully saturated rings. The fourth-order valence-electron chi connectivity index (χ4n) is 4.28. The van der Waals surface area contributed by atoms with Gasteiger partial charge in [-0.1, -0.05) is 5.92 Å². The average Bonchev–Trinajstić information content (AvgIpc) is 3.26. The van der Waals surface area contributed by atoms with Crippen LogP contribution in [0.5, 0.6) is 0 Å². The van der Waals surface area contributed by atoms with Crippen LogP contribution in [0.25, 0.3) is 11.0 Å². The van der Waals surface area contributed by atoms with Crippen molar-refractivity contribution in [2.24, 2.45) is 0 Å². The van der Waals surface area contributed by atoms with Crippen LogP contribution in [0.15, 0.2) is 12.5 Å². The van der Waals surface area contributed by atoms with Crippen molar-refractivity contribution in [3.63, 3.8) is 0 Å². The first kappa shape index (κ1) is 20.6. The second kappa shape index (κ2) is 7.85. The van der Waals surface area contributed by atoms with Crippen LogP contribution in [-0.2, 0) is 4.74 Å². The van der Waals surface area contributed by atoms with Crippen LogP contribution < -0.4 is 5.73 Å². The van der Waals surface area contributed by atoms with Gasteiger partial charge in [0.2, 0.25) is 0 Å². The number of piperidine rings is 1. The second-order valence-corrected chi connectivity index (χ2v) is 7.71. The summed E-state index contributed by atoms with van der Waals surface area (Å²) in [6, 6.07) is 0. The molecule has 30 heavy (non-hydrogen) atoms. The summed E-state index contributed by atoms with van der Waals surface area (Å²) in [5.74, 6) is 2.12. The van der Waals surface area contributed by atoms with Gasteiger partial charge in [-0.25, -0.2) is 9.97 Å². The van der Waals surface area contributed by atoms with E-state index in [9.17, 15) is 20.1 Å². The summed E-state index contributed by atoms with van der Waals surface area (Å²) in [6.07, 6.45) is 7.75. The number of nitrogens with two attached hydrogens (primary N) is 1. The third-order valence-electron chi connectivity index (χ3n) is 5.89. The molecule has 2 aliphatic rings. The first-order valence-corrected chi connectivity index (χ1v) is 9.97. The lowest BCUT2D eigenvalue weighted by molar-refractivity contribution is -0.0692. The Hall–Kier alpha value is -2.71. The normalized spacial score (nSPS) is 29.3. The Kier molecular flexibility index (Phi) is 5.38. The molecule has 0 bridgehead atoms. The highest BCUT2D eigenvalue weighted by molar-refractivity contribution is 6.09. The minimum atomic E-state index is -2.09. The number of hydrogen-bond donors (Lipinski definition) is 4. The lowest BCUT2D eigenvalue weighted by Gasteiger charge is -2.27. The minimum absolute atomic E-state index is 0.0809. The van der Waals surface area contributed by atoms with Crippen LogP contribution in [0, 0.1) is 12.3 Å². The summed E-state index contributed by atoms with van der Waals surface area (Å²) in [4.78, 5) is 23.2. The Labute approximate surface area is 173 Å². The van der Waals surface area contributed by atoms with Crippen molar-refractivity contribution in [2.75, 3.05) is 25.4 Å². The molecule has 5 N–H and O–H groups in total. The van der Waals surface area contributed by atoms with Crippen molar-refractivity contribution >= 4 is 22.8 Å². The highest BCUT2D eigenvalue weighted by Crippen LogP contribution is 2.42. The van der Waals surface area contributed by atoms with E-state index in [4.69, 9.17) is 16.9 Å². The van der Waals surface area contributed by atoms with Crippen LogP contribution in [0.2, 0.25) is 0 Å². The summed E-state index contributed by atoms with van der Waals surface area (Å²) in [5.41, 5.74) is 4.54. The van der Waals surface area contributed by atoms with Crippen molar-refractivity contribution in [1.29, 1.82) is 0 Å². The van der Waals surface area contributed by atoms with E-state index in [1.165, 1.54) is 17.1 Å². The fourth-order valence-corrected chi connectivity index (χ4v) is 4.28. The van der Waals surface area contributed by atoms with Gasteiger partial charge in [0.1, 0.15) is 23.9 Å². The average molecular weight is 415 g/mol. The third kappa shape index (κ3) is 3.11. The number of ether oxygens (including phenoxy) is 1. The SMILES string of the molecule is C#CC1(O)C(O)C(CCO)OC1n1cc(C(=O)N2CCCCC2)c2c(N)ncnc21. The monoisotopic (exact) mass is 415 g/mol. The van der Waals surface area contributed by atoms with Crippen LogP contribution in [0.4, 0.5) is 5.82 Å². The molecule has 4 atom stereocenters. The quantitative estimate of drug-likeness (QED) is 0.495. The first-order valence-electron chi connectivity index (χ1n) is 9.97. The highest BCUT2D eigenvalue weighted by atomic mass is 16.6. The van der Waals surface area contributed by atoms with E-state index < -0.39 is 24.0 Å². The fraction of sp³-hybridized carbons (Fsp3) is 0.550. The van der Waals surface area contributed by atoms with E-state index in [-0.39, 0.29) is 36.0 Å². The number of aromatic nitrogens is 3. The number of aliphatic hydroxyl groups is 3. The van der Waals surface area contributed by atoms with E-state index in [1.54, 1.807) is 4.90 Å². The zero-order valence-corrected chi connectivity index (χ0v) is 16.4. The second-order valence-electron chi connectivity index (χ2n) is 7.71. The smallest absolute Gasteiger partial charge is 0.256 e. The maximum atomic E-state index is 13.2. The number of hydrogen-bond acceptors (Lipinski definition) is 8. The summed E-state index contributed by atoms with van der Waals surface area (Å²) in [7, 11) is 0. The predicted octanol–water partition coefficient (Wildman–Crippen LogP) is -0.355. The summed E-state index contributed by atoms with van der Waals surface area (Å²) >= 11 is 0. The molecule has 10 heteroatoms. The van der Waals surface area contributed by atoms with Crippen LogP contribution in [0.1, 0.15) is 42.3 Å². The summed E-state index contributed by atoms with van der Waals surface area (Å²) in [5, 5.41) is 31.2. The molecule has 4 heterocycles. The lowest BCUT2D eigenvalue weighted by atomic mass is 9.94. The van der Waals surface area contributed by atoms with E-state index in [2.05, 4.69) is 15.9 Å². The minimum Gasteiger partial charge on any atom is -0.396 e. The molecular weight excluding hydrogens is 390 g/mol. The molecule has 4 rings (SSSR count).